The van der Waals surface area contributed by atoms with Gasteiger partial charge in [-0.2, -0.15) is 0 Å². The lowest BCUT2D eigenvalue weighted by atomic mass is 9.65. The quantitative estimate of drug-likeness (QED) is 0.589. The summed E-state index contributed by atoms with van der Waals surface area (Å²) in [6.07, 6.45) is 6.74. The van der Waals surface area contributed by atoms with Crippen LogP contribution in [0.15, 0.2) is 0 Å². The van der Waals surface area contributed by atoms with Crippen molar-refractivity contribution in [2.24, 2.45) is 17.2 Å². The molecule has 0 atom stereocenters. The van der Waals surface area contributed by atoms with Gasteiger partial charge in [0.1, 0.15) is 0 Å². The Morgan fingerprint density at radius 1 is 1.29 bits per heavy atom. The topological polar surface area (TPSA) is 55.6 Å². The van der Waals surface area contributed by atoms with Crippen LogP contribution in [-0.2, 0) is 9.53 Å². The van der Waals surface area contributed by atoms with Gasteiger partial charge in [-0.15, -0.1) is 0 Å². The van der Waals surface area contributed by atoms with E-state index in [1.807, 2.05) is 11.9 Å². The van der Waals surface area contributed by atoms with Gasteiger partial charge in [-0.3, -0.25) is 10.6 Å². The minimum Gasteiger partial charge on any atom is -0.466 e. The molecule has 2 fully saturated rings. The number of hydrogen-bond donors (Lipinski definition) is 1. The Morgan fingerprint density at radius 3 is 2.41 bits per heavy atom. The summed E-state index contributed by atoms with van der Waals surface area (Å²) in [5, 5.41) is 1.92. The first-order chi connectivity index (χ1) is 8.15. The molecule has 1 saturated carbocycles. The van der Waals surface area contributed by atoms with E-state index >= 15 is 0 Å². The van der Waals surface area contributed by atoms with Crippen LogP contribution in [0.3, 0.4) is 0 Å². The minimum absolute atomic E-state index is 0.0126. The van der Waals surface area contributed by atoms with Crippen molar-refractivity contribution >= 4 is 5.97 Å². The highest BCUT2D eigenvalue weighted by Crippen LogP contribution is 2.46. The van der Waals surface area contributed by atoms with Gasteiger partial charge in [0.2, 0.25) is 0 Å². The molecular formula is C13H24N2O2. The van der Waals surface area contributed by atoms with E-state index in [1.165, 1.54) is 25.7 Å². The molecule has 2 aliphatic rings. The van der Waals surface area contributed by atoms with Crippen LogP contribution < -0.4 is 5.84 Å². The van der Waals surface area contributed by atoms with Gasteiger partial charge in [-0.25, -0.2) is 5.01 Å². The molecule has 0 aromatic heterocycles. The lowest BCUT2D eigenvalue weighted by Gasteiger charge is -2.44. The second kappa shape index (κ2) is 5.36. The van der Waals surface area contributed by atoms with E-state index in [0.717, 1.165) is 25.9 Å². The molecule has 1 heterocycles. The molecule has 17 heavy (non-hydrogen) atoms. The third-order valence-electron chi connectivity index (χ3n) is 4.52. The van der Waals surface area contributed by atoms with Gasteiger partial charge >= 0.3 is 5.97 Å². The summed E-state index contributed by atoms with van der Waals surface area (Å²) in [4.78, 5) is 11.7. The second-order valence-corrected chi connectivity index (χ2v) is 5.56. The van der Waals surface area contributed by atoms with Crippen LogP contribution in [0, 0.1) is 11.3 Å². The number of piperidine rings is 1. The average molecular weight is 240 g/mol. The van der Waals surface area contributed by atoms with Crippen molar-refractivity contribution < 1.29 is 9.53 Å². The second-order valence-electron chi connectivity index (χ2n) is 5.56. The van der Waals surface area contributed by atoms with Crippen LogP contribution in [0.2, 0.25) is 0 Å². The molecule has 1 aliphatic carbocycles. The van der Waals surface area contributed by atoms with Crippen LogP contribution in [0.25, 0.3) is 0 Å². The molecule has 2 N–H and O–H groups in total. The van der Waals surface area contributed by atoms with Crippen LogP contribution in [0.5, 0.6) is 0 Å². The van der Waals surface area contributed by atoms with Crippen LogP contribution >= 0.6 is 0 Å². The highest BCUT2D eigenvalue weighted by molar-refractivity contribution is 5.72. The van der Waals surface area contributed by atoms with Crippen molar-refractivity contribution in [3.8, 4) is 0 Å². The van der Waals surface area contributed by atoms with Gasteiger partial charge in [0.25, 0.3) is 0 Å². The zero-order chi connectivity index (χ0) is 12.3. The molecular weight excluding hydrogens is 216 g/mol. The lowest BCUT2D eigenvalue weighted by Crippen LogP contribution is -2.45. The Labute approximate surface area is 103 Å². The molecule has 2 rings (SSSR count). The Morgan fingerprint density at radius 2 is 1.88 bits per heavy atom. The summed E-state index contributed by atoms with van der Waals surface area (Å²) in [5.74, 6) is 5.96. The van der Waals surface area contributed by atoms with Crippen LogP contribution in [0.4, 0.5) is 0 Å². The zero-order valence-electron chi connectivity index (χ0n) is 10.8. The number of nitrogens with two attached hydrogens (primary N) is 1. The summed E-state index contributed by atoms with van der Waals surface area (Å²) in [7, 11) is 0. The van der Waals surface area contributed by atoms with E-state index in [4.69, 9.17) is 10.6 Å². The maximum atomic E-state index is 11.7. The first kappa shape index (κ1) is 12.8. The highest BCUT2D eigenvalue weighted by atomic mass is 16.5. The fourth-order valence-electron chi connectivity index (χ4n) is 3.22. The Hall–Kier alpha value is -0.610. The Bertz CT molecular complexity index is 263. The maximum absolute atomic E-state index is 11.7. The van der Waals surface area contributed by atoms with Crippen LogP contribution in [-0.4, -0.2) is 30.7 Å². The van der Waals surface area contributed by atoms with Gasteiger partial charge in [-0.1, -0.05) is 0 Å². The predicted molar refractivity (Wildman–Crippen MR) is 66.0 cm³/mol. The molecule has 0 radical (unpaired) electrons. The van der Waals surface area contributed by atoms with Gasteiger partial charge < -0.3 is 4.74 Å². The van der Waals surface area contributed by atoms with Gasteiger partial charge in [0.15, 0.2) is 0 Å². The zero-order valence-corrected chi connectivity index (χ0v) is 10.8. The normalized spacial score (nSPS) is 26.0. The van der Waals surface area contributed by atoms with Crippen molar-refractivity contribution in [1.29, 1.82) is 0 Å². The standard InChI is InChI=1S/C13H24N2O2/c1-2-17-12(16)11-3-5-13(6-4-11)7-9-15(14)10-8-13/h11H,2-10,14H2,1H3. The average Bonchev–Trinajstić information content (AvgIpc) is 2.35. The number of carbonyl (C=O) groups excluding carboxylic acids is 1. The maximum Gasteiger partial charge on any atom is 0.308 e. The van der Waals surface area contributed by atoms with Gasteiger partial charge in [0, 0.05) is 13.1 Å². The number of ether oxygens (including phenoxy) is 1. The molecule has 98 valence electrons. The summed E-state index contributed by atoms with van der Waals surface area (Å²) >= 11 is 0. The van der Waals surface area contributed by atoms with E-state index in [9.17, 15) is 4.79 Å². The molecule has 0 aromatic carbocycles. The molecule has 1 spiro atoms. The monoisotopic (exact) mass is 240 g/mol. The molecule has 1 aliphatic heterocycles. The molecule has 4 nitrogen and oxygen atoms in total. The minimum atomic E-state index is 0.0126. The third kappa shape index (κ3) is 2.99. The summed E-state index contributed by atoms with van der Waals surface area (Å²) < 4.78 is 5.11. The van der Waals surface area contributed by atoms with Crippen molar-refractivity contribution in [2.75, 3.05) is 19.7 Å². The molecule has 4 heteroatoms. The van der Waals surface area contributed by atoms with Crippen molar-refractivity contribution in [2.45, 2.75) is 45.4 Å². The van der Waals surface area contributed by atoms with Crippen molar-refractivity contribution in [1.82, 2.24) is 5.01 Å². The number of esters is 1. The largest absolute Gasteiger partial charge is 0.466 e. The van der Waals surface area contributed by atoms with Gasteiger partial charge in [-0.05, 0) is 50.9 Å². The van der Waals surface area contributed by atoms with Crippen molar-refractivity contribution in [3.63, 3.8) is 0 Å². The number of hydrazine groups is 1. The lowest BCUT2D eigenvalue weighted by molar-refractivity contribution is -0.150. The fourth-order valence-corrected chi connectivity index (χ4v) is 3.22. The van der Waals surface area contributed by atoms with Gasteiger partial charge in [0.05, 0.1) is 12.5 Å². The number of rotatable bonds is 2. The Kier molecular flexibility index (Phi) is 4.05. The molecule has 0 aromatic rings. The smallest absolute Gasteiger partial charge is 0.308 e. The predicted octanol–water partition coefficient (Wildman–Crippen LogP) is 1.70. The fraction of sp³-hybridized carbons (Fsp3) is 0.923. The van der Waals surface area contributed by atoms with Crippen molar-refractivity contribution in [3.05, 3.63) is 0 Å². The number of nitrogens with zero attached hydrogens (tertiary/aromatic N) is 1. The van der Waals surface area contributed by atoms with E-state index in [2.05, 4.69) is 0 Å². The Balaban J connectivity index is 1.83. The first-order valence-corrected chi connectivity index (χ1v) is 6.81. The molecule has 0 amide bonds. The first-order valence-electron chi connectivity index (χ1n) is 6.81. The number of hydrogen-bond acceptors (Lipinski definition) is 4. The molecule has 0 unspecified atom stereocenters. The molecule has 1 saturated heterocycles. The molecule has 0 bridgehead atoms. The van der Waals surface area contributed by atoms with E-state index < -0.39 is 0 Å². The highest BCUT2D eigenvalue weighted by Gasteiger charge is 2.39. The summed E-state index contributed by atoms with van der Waals surface area (Å²) in [6.45, 7) is 4.38. The summed E-state index contributed by atoms with van der Waals surface area (Å²) in [6, 6.07) is 0. The SMILES string of the molecule is CCOC(=O)C1CCC2(CC1)CCN(N)CC2. The third-order valence-corrected chi connectivity index (χ3v) is 4.52. The van der Waals surface area contributed by atoms with E-state index in [-0.39, 0.29) is 11.9 Å². The van der Waals surface area contributed by atoms with E-state index in [1.54, 1.807) is 0 Å². The van der Waals surface area contributed by atoms with Crippen LogP contribution in [0.1, 0.15) is 45.4 Å². The summed E-state index contributed by atoms with van der Waals surface area (Å²) in [5.41, 5.74) is 0.471. The van der Waals surface area contributed by atoms with E-state index in [0.29, 0.717) is 12.0 Å². The number of carbonyl (C=O) groups is 1.